The fourth-order valence-corrected chi connectivity index (χ4v) is 3.86. The largest absolute Gasteiger partial charge is 0.476 e. The van der Waals surface area contributed by atoms with E-state index >= 15 is 0 Å². The second kappa shape index (κ2) is 8.03. The summed E-state index contributed by atoms with van der Waals surface area (Å²) in [4.78, 5) is 22.4. The molecule has 3 aromatic rings. The summed E-state index contributed by atoms with van der Waals surface area (Å²) >= 11 is 5.90. The number of carbonyl (C=O) groups excluding carboxylic acids is 1. The average Bonchev–Trinajstić information content (AvgIpc) is 3.23. The van der Waals surface area contributed by atoms with Crippen LogP contribution in [0.2, 0.25) is 5.15 Å². The minimum atomic E-state index is -4.67. The molecule has 0 saturated carbocycles. The van der Waals surface area contributed by atoms with Gasteiger partial charge in [0.25, 0.3) is 0 Å². The molecule has 176 valence electrons. The number of nitrogens with two attached hydrogens (primary N) is 1. The van der Waals surface area contributed by atoms with Gasteiger partial charge in [0, 0.05) is 36.1 Å². The van der Waals surface area contributed by atoms with Crippen molar-refractivity contribution in [1.82, 2.24) is 19.6 Å². The Hall–Kier alpha value is -3.12. The Bertz CT molecular complexity index is 1230. The van der Waals surface area contributed by atoms with Crippen molar-refractivity contribution in [3.05, 3.63) is 40.9 Å². The summed E-state index contributed by atoms with van der Waals surface area (Å²) in [5.41, 5.74) is 4.07. The molecular weight excluding hydrogens is 463 g/mol. The van der Waals surface area contributed by atoms with Gasteiger partial charge >= 0.3 is 12.2 Å². The van der Waals surface area contributed by atoms with Crippen LogP contribution in [0.5, 0.6) is 5.88 Å². The van der Waals surface area contributed by atoms with Gasteiger partial charge < -0.3 is 15.8 Å². The van der Waals surface area contributed by atoms with E-state index in [0.29, 0.717) is 11.4 Å². The number of carbonyl (C=O) groups is 1. The third-order valence-electron chi connectivity index (χ3n) is 5.27. The monoisotopic (exact) mass is 483 g/mol. The van der Waals surface area contributed by atoms with Gasteiger partial charge in [0.2, 0.25) is 5.88 Å². The third-order valence-corrected chi connectivity index (χ3v) is 5.45. The number of hydrogen-bond donors (Lipinski definition) is 2. The van der Waals surface area contributed by atoms with E-state index < -0.39 is 24.2 Å². The lowest BCUT2D eigenvalue weighted by molar-refractivity contribution is -0.181. The normalized spacial score (nSPS) is 19.0. The molecule has 13 heteroatoms. The predicted molar refractivity (Wildman–Crippen MR) is 116 cm³/mol. The van der Waals surface area contributed by atoms with E-state index in [0.717, 1.165) is 16.3 Å². The molecule has 0 aromatic carbocycles. The Morgan fingerprint density at radius 3 is 2.79 bits per heavy atom. The van der Waals surface area contributed by atoms with Gasteiger partial charge in [-0.1, -0.05) is 11.6 Å². The van der Waals surface area contributed by atoms with E-state index in [2.05, 4.69) is 20.4 Å². The average molecular weight is 484 g/mol. The Morgan fingerprint density at radius 2 is 2.12 bits per heavy atom. The van der Waals surface area contributed by atoms with E-state index in [4.69, 9.17) is 22.1 Å². The first-order chi connectivity index (χ1) is 15.4. The number of rotatable bonds is 4. The Kier molecular flexibility index (Phi) is 5.61. The summed E-state index contributed by atoms with van der Waals surface area (Å²) < 4.78 is 49.1. The number of aromatic nitrogens is 4. The smallest absolute Gasteiger partial charge is 0.401 e. The van der Waals surface area contributed by atoms with Crippen molar-refractivity contribution in [2.24, 2.45) is 5.73 Å². The maximum atomic E-state index is 14.2. The van der Waals surface area contributed by atoms with Crippen LogP contribution in [-0.2, 0) is 5.41 Å². The van der Waals surface area contributed by atoms with E-state index in [9.17, 15) is 18.0 Å². The van der Waals surface area contributed by atoms with E-state index in [1.54, 1.807) is 19.9 Å². The fourth-order valence-electron chi connectivity index (χ4n) is 3.68. The summed E-state index contributed by atoms with van der Waals surface area (Å²) in [6.45, 7) is 4.03. The van der Waals surface area contributed by atoms with E-state index in [1.807, 2.05) is 0 Å². The second-order valence-electron chi connectivity index (χ2n) is 8.20. The molecule has 33 heavy (non-hydrogen) atoms. The first-order valence-electron chi connectivity index (χ1n) is 9.96. The van der Waals surface area contributed by atoms with Crippen molar-refractivity contribution in [3.63, 3.8) is 0 Å². The molecular formula is C20H21ClF3N7O2. The molecule has 1 aliphatic heterocycles. The van der Waals surface area contributed by atoms with Crippen molar-refractivity contribution in [2.75, 3.05) is 23.4 Å². The highest BCUT2D eigenvalue weighted by Gasteiger charge is 2.60. The van der Waals surface area contributed by atoms with Crippen LogP contribution < -0.4 is 20.7 Å². The van der Waals surface area contributed by atoms with Gasteiger partial charge in [0.15, 0.2) is 10.8 Å². The second-order valence-corrected chi connectivity index (χ2v) is 8.59. The predicted octanol–water partition coefficient (Wildman–Crippen LogP) is 3.68. The van der Waals surface area contributed by atoms with Crippen molar-refractivity contribution in [2.45, 2.75) is 38.4 Å². The van der Waals surface area contributed by atoms with Crippen LogP contribution in [0.15, 0.2) is 24.4 Å². The standard InChI is InChI=1S/C20H21ClF3N7O2/c1-10(25)8-33-16-5-12(4-11(2)27-16)28-18(32)30-9-19(3,20(22,23)24)17-13(30)7-26-15-6-14(21)29-31(15)17/h4-7,10H,8-9,25H2,1-3H3,(H,27,28,32)/t10?,19-/m1/s1. The van der Waals surface area contributed by atoms with Crippen LogP contribution in [0.4, 0.5) is 29.3 Å². The molecule has 4 heterocycles. The molecule has 2 amide bonds. The maximum absolute atomic E-state index is 14.2. The SMILES string of the molecule is Cc1cc(NC(=O)N2C[C@@](C)(C(F)(F)F)c3c2cnc2cc(Cl)nn32)cc(OCC(C)N)n1. The number of anilines is 2. The van der Waals surface area contributed by atoms with Crippen molar-refractivity contribution in [3.8, 4) is 5.88 Å². The van der Waals surface area contributed by atoms with Crippen LogP contribution in [0, 0.1) is 6.92 Å². The number of fused-ring (bicyclic) bond motifs is 3. The number of aryl methyl sites for hydroxylation is 1. The zero-order valence-electron chi connectivity index (χ0n) is 17.9. The molecule has 2 atom stereocenters. The van der Waals surface area contributed by atoms with Gasteiger partial charge in [-0.15, -0.1) is 0 Å². The lowest BCUT2D eigenvalue weighted by atomic mass is 9.88. The summed E-state index contributed by atoms with van der Waals surface area (Å²) in [6.07, 6.45) is -3.45. The minimum Gasteiger partial charge on any atom is -0.476 e. The molecule has 3 aromatic heterocycles. The number of hydrogen-bond acceptors (Lipinski definition) is 6. The number of ether oxygens (including phenoxy) is 1. The highest BCUT2D eigenvalue weighted by atomic mass is 35.5. The van der Waals surface area contributed by atoms with Gasteiger partial charge in [-0.3, -0.25) is 4.90 Å². The number of nitrogens with zero attached hydrogens (tertiary/aromatic N) is 5. The summed E-state index contributed by atoms with van der Waals surface area (Å²) in [5.74, 6) is 0.235. The number of pyridine rings is 1. The van der Waals surface area contributed by atoms with Crippen LogP contribution in [0.3, 0.4) is 0 Å². The molecule has 0 spiro atoms. The van der Waals surface area contributed by atoms with Gasteiger partial charge in [-0.05, 0) is 26.8 Å². The molecule has 3 N–H and O–H groups in total. The molecule has 1 unspecified atom stereocenters. The topological polar surface area (TPSA) is 111 Å². The number of alkyl halides is 3. The number of urea groups is 1. The quantitative estimate of drug-likeness (QED) is 0.585. The molecule has 0 radical (unpaired) electrons. The molecule has 0 aliphatic carbocycles. The lowest BCUT2D eigenvalue weighted by Gasteiger charge is -2.28. The Balaban J connectivity index is 1.70. The molecule has 9 nitrogen and oxygen atoms in total. The summed E-state index contributed by atoms with van der Waals surface area (Å²) in [6, 6.07) is 3.40. The van der Waals surface area contributed by atoms with Gasteiger partial charge in [0.1, 0.15) is 12.0 Å². The molecule has 0 saturated heterocycles. The zero-order valence-corrected chi connectivity index (χ0v) is 18.7. The van der Waals surface area contributed by atoms with Crippen molar-refractivity contribution < 1.29 is 22.7 Å². The fraction of sp³-hybridized carbons (Fsp3) is 0.400. The molecule has 0 fully saturated rings. The Labute approximate surface area is 191 Å². The zero-order chi connectivity index (χ0) is 24.1. The number of halogens is 4. The molecule has 1 aliphatic rings. The van der Waals surface area contributed by atoms with Crippen LogP contribution in [0.25, 0.3) is 5.65 Å². The highest BCUT2D eigenvalue weighted by Crippen LogP contribution is 2.50. The van der Waals surface area contributed by atoms with Gasteiger partial charge in [0.05, 0.1) is 17.6 Å². The van der Waals surface area contributed by atoms with Crippen LogP contribution >= 0.6 is 11.6 Å². The van der Waals surface area contributed by atoms with Crippen LogP contribution in [0.1, 0.15) is 25.2 Å². The van der Waals surface area contributed by atoms with E-state index in [1.165, 1.54) is 18.3 Å². The summed E-state index contributed by atoms with van der Waals surface area (Å²) in [5, 5.41) is 6.57. The first kappa shape index (κ1) is 23.1. The number of nitrogens with one attached hydrogen (secondary N) is 1. The van der Waals surface area contributed by atoms with Crippen molar-refractivity contribution >= 4 is 34.7 Å². The van der Waals surface area contributed by atoms with Gasteiger partial charge in [-0.2, -0.15) is 18.3 Å². The number of amides is 2. The minimum absolute atomic E-state index is 0.00471. The first-order valence-corrected chi connectivity index (χ1v) is 10.3. The van der Waals surface area contributed by atoms with Crippen LogP contribution in [-0.4, -0.2) is 51.0 Å². The van der Waals surface area contributed by atoms with Crippen molar-refractivity contribution in [1.29, 1.82) is 0 Å². The Morgan fingerprint density at radius 1 is 1.39 bits per heavy atom. The van der Waals surface area contributed by atoms with E-state index in [-0.39, 0.29) is 40.7 Å². The third kappa shape index (κ3) is 4.15. The molecule has 0 bridgehead atoms. The highest BCUT2D eigenvalue weighted by molar-refractivity contribution is 6.29. The molecule has 4 rings (SSSR count). The van der Waals surface area contributed by atoms with Gasteiger partial charge in [-0.25, -0.2) is 19.3 Å². The summed E-state index contributed by atoms with van der Waals surface area (Å²) in [7, 11) is 0. The maximum Gasteiger partial charge on any atom is 0.401 e. The lowest BCUT2D eigenvalue weighted by Crippen LogP contribution is -2.46.